The number of rotatable bonds is 4. The van der Waals surface area contributed by atoms with E-state index >= 15 is 0 Å². The molecule has 0 saturated carbocycles. The number of hydrogen-bond acceptors (Lipinski definition) is 4. The summed E-state index contributed by atoms with van der Waals surface area (Å²) in [5.41, 5.74) is 2.92. The fraction of sp³-hybridized carbons (Fsp3) is 0.478. The number of fused-ring (bicyclic) bond motifs is 3. The molecular formula is C23H27N3S. The van der Waals surface area contributed by atoms with Crippen LogP contribution in [-0.2, 0) is 25.7 Å². The molecule has 4 heteroatoms. The smallest absolute Gasteiger partial charge is 0.141 e. The van der Waals surface area contributed by atoms with Crippen molar-refractivity contribution < 1.29 is 0 Å². The van der Waals surface area contributed by atoms with E-state index in [9.17, 15) is 0 Å². The molecule has 1 aromatic carbocycles. The highest BCUT2D eigenvalue weighted by atomic mass is 32.1. The molecule has 5 rings (SSSR count). The maximum absolute atomic E-state index is 5.12. The average Bonchev–Trinajstić information content (AvgIpc) is 3.34. The predicted octanol–water partition coefficient (Wildman–Crippen LogP) is 5.20. The SMILES string of the molecule is C[C@@H]1CCc2c(sc3nc(CCc4ccccc4)nc(N4CCCC4)c23)C1. The van der Waals surface area contributed by atoms with E-state index in [-0.39, 0.29) is 0 Å². The average molecular weight is 378 g/mol. The Morgan fingerprint density at radius 1 is 1.07 bits per heavy atom. The Labute approximate surface area is 165 Å². The minimum Gasteiger partial charge on any atom is -0.356 e. The number of aromatic nitrogens is 2. The Bertz CT molecular complexity index is 941. The van der Waals surface area contributed by atoms with Crippen molar-refractivity contribution in [2.45, 2.75) is 51.9 Å². The van der Waals surface area contributed by atoms with E-state index in [0.29, 0.717) is 0 Å². The zero-order valence-electron chi connectivity index (χ0n) is 16.1. The molecule has 3 heterocycles. The lowest BCUT2D eigenvalue weighted by atomic mass is 9.89. The third-order valence-electron chi connectivity index (χ3n) is 6.07. The molecule has 1 saturated heterocycles. The van der Waals surface area contributed by atoms with Crippen molar-refractivity contribution in [3.05, 3.63) is 52.2 Å². The Morgan fingerprint density at radius 2 is 1.89 bits per heavy atom. The Balaban J connectivity index is 1.54. The van der Waals surface area contributed by atoms with Gasteiger partial charge >= 0.3 is 0 Å². The third-order valence-corrected chi connectivity index (χ3v) is 7.22. The number of thiophene rings is 1. The Hall–Kier alpha value is -1.94. The topological polar surface area (TPSA) is 29.0 Å². The molecule has 3 nitrogen and oxygen atoms in total. The summed E-state index contributed by atoms with van der Waals surface area (Å²) in [5.74, 6) is 3.04. The van der Waals surface area contributed by atoms with E-state index in [4.69, 9.17) is 9.97 Å². The first kappa shape index (κ1) is 17.2. The van der Waals surface area contributed by atoms with Crippen molar-refractivity contribution in [2.24, 2.45) is 5.92 Å². The lowest BCUT2D eigenvalue weighted by Gasteiger charge is -2.21. The molecule has 0 spiro atoms. The molecule has 0 radical (unpaired) electrons. The van der Waals surface area contributed by atoms with Gasteiger partial charge in [0.2, 0.25) is 0 Å². The van der Waals surface area contributed by atoms with E-state index < -0.39 is 0 Å². The second-order valence-corrected chi connectivity index (χ2v) is 9.26. The first-order valence-electron chi connectivity index (χ1n) is 10.4. The van der Waals surface area contributed by atoms with Crippen molar-refractivity contribution in [1.29, 1.82) is 0 Å². The highest BCUT2D eigenvalue weighted by Crippen LogP contribution is 2.41. The van der Waals surface area contributed by atoms with Gasteiger partial charge in [-0.3, -0.25) is 0 Å². The van der Waals surface area contributed by atoms with Crippen molar-refractivity contribution >= 4 is 27.4 Å². The Kier molecular flexibility index (Phi) is 4.60. The van der Waals surface area contributed by atoms with E-state index in [2.05, 4.69) is 42.2 Å². The highest BCUT2D eigenvalue weighted by Gasteiger charge is 2.26. The summed E-state index contributed by atoms with van der Waals surface area (Å²) in [5, 5.41) is 1.38. The second-order valence-electron chi connectivity index (χ2n) is 8.18. The molecule has 140 valence electrons. The largest absolute Gasteiger partial charge is 0.356 e. The summed E-state index contributed by atoms with van der Waals surface area (Å²) in [4.78, 5) is 15.5. The summed E-state index contributed by atoms with van der Waals surface area (Å²) < 4.78 is 0. The summed E-state index contributed by atoms with van der Waals surface area (Å²) in [6.07, 6.45) is 8.21. The van der Waals surface area contributed by atoms with Gasteiger partial charge in [0.1, 0.15) is 16.5 Å². The quantitative estimate of drug-likeness (QED) is 0.626. The number of anilines is 1. The van der Waals surface area contributed by atoms with Crippen LogP contribution < -0.4 is 4.90 Å². The van der Waals surface area contributed by atoms with Crippen LogP contribution >= 0.6 is 11.3 Å². The minimum atomic E-state index is 0.798. The van der Waals surface area contributed by atoms with Gasteiger partial charge in [-0.15, -0.1) is 11.3 Å². The molecule has 0 N–H and O–H groups in total. The molecule has 0 bridgehead atoms. The molecule has 2 aromatic heterocycles. The van der Waals surface area contributed by atoms with Gasteiger partial charge in [0.15, 0.2) is 0 Å². The molecule has 0 unspecified atom stereocenters. The third kappa shape index (κ3) is 3.36. The Morgan fingerprint density at radius 3 is 2.70 bits per heavy atom. The van der Waals surface area contributed by atoms with Gasteiger partial charge in [0, 0.05) is 24.4 Å². The number of aryl methyl sites for hydroxylation is 3. The zero-order chi connectivity index (χ0) is 18.2. The van der Waals surface area contributed by atoms with E-state index in [0.717, 1.165) is 37.7 Å². The van der Waals surface area contributed by atoms with Gasteiger partial charge in [-0.05, 0) is 55.6 Å². The van der Waals surface area contributed by atoms with Crippen molar-refractivity contribution in [3.8, 4) is 0 Å². The fourth-order valence-electron chi connectivity index (χ4n) is 4.54. The van der Waals surface area contributed by atoms with Crippen LogP contribution in [0.25, 0.3) is 10.2 Å². The van der Waals surface area contributed by atoms with Crippen LogP contribution in [0.1, 0.15) is 48.0 Å². The monoisotopic (exact) mass is 377 g/mol. The van der Waals surface area contributed by atoms with Crippen LogP contribution in [0.3, 0.4) is 0 Å². The number of nitrogens with zero attached hydrogens (tertiary/aromatic N) is 3. The molecular weight excluding hydrogens is 350 g/mol. The standard InChI is InChI=1S/C23H27N3S/c1-16-9-11-18-19(15-16)27-23-21(18)22(26-13-5-6-14-26)24-20(25-23)12-10-17-7-3-2-4-8-17/h2-4,7-8,16H,5-6,9-15H2,1H3/t16-/m1/s1. The number of benzene rings is 1. The van der Waals surface area contributed by atoms with E-state index in [1.807, 2.05) is 11.3 Å². The lowest BCUT2D eigenvalue weighted by Crippen LogP contribution is -2.21. The van der Waals surface area contributed by atoms with Crippen molar-refractivity contribution in [2.75, 3.05) is 18.0 Å². The summed E-state index contributed by atoms with van der Waals surface area (Å²) in [7, 11) is 0. The van der Waals surface area contributed by atoms with Gasteiger partial charge in [-0.25, -0.2) is 9.97 Å². The van der Waals surface area contributed by atoms with E-state index in [1.165, 1.54) is 53.7 Å². The molecule has 2 aliphatic rings. The molecule has 1 aliphatic heterocycles. The zero-order valence-corrected chi connectivity index (χ0v) is 16.9. The molecule has 27 heavy (non-hydrogen) atoms. The lowest BCUT2D eigenvalue weighted by molar-refractivity contribution is 0.509. The van der Waals surface area contributed by atoms with Gasteiger partial charge < -0.3 is 4.90 Å². The van der Waals surface area contributed by atoms with Gasteiger partial charge in [-0.2, -0.15) is 0 Å². The van der Waals surface area contributed by atoms with Crippen LogP contribution in [0, 0.1) is 5.92 Å². The number of hydrogen-bond donors (Lipinski definition) is 0. The van der Waals surface area contributed by atoms with Crippen LogP contribution in [0.2, 0.25) is 0 Å². The van der Waals surface area contributed by atoms with Gasteiger partial charge in [0.25, 0.3) is 0 Å². The van der Waals surface area contributed by atoms with Crippen LogP contribution in [0.15, 0.2) is 30.3 Å². The van der Waals surface area contributed by atoms with Crippen LogP contribution in [-0.4, -0.2) is 23.1 Å². The molecule has 1 atom stereocenters. The van der Waals surface area contributed by atoms with Crippen molar-refractivity contribution in [3.63, 3.8) is 0 Å². The maximum Gasteiger partial charge on any atom is 0.141 e. The van der Waals surface area contributed by atoms with Gasteiger partial charge in [0.05, 0.1) is 5.39 Å². The summed E-state index contributed by atoms with van der Waals surface area (Å²) in [6.45, 7) is 4.67. The first-order chi connectivity index (χ1) is 13.3. The molecule has 3 aromatic rings. The normalized spacial score (nSPS) is 19.6. The van der Waals surface area contributed by atoms with Crippen LogP contribution in [0.5, 0.6) is 0 Å². The first-order valence-corrected chi connectivity index (χ1v) is 11.2. The summed E-state index contributed by atoms with van der Waals surface area (Å²) in [6, 6.07) is 10.7. The fourth-order valence-corrected chi connectivity index (χ4v) is 5.93. The van der Waals surface area contributed by atoms with Crippen molar-refractivity contribution in [1.82, 2.24) is 9.97 Å². The highest BCUT2D eigenvalue weighted by molar-refractivity contribution is 7.19. The molecule has 0 amide bonds. The second kappa shape index (κ2) is 7.23. The van der Waals surface area contributed by atoms with E-state index in [1.54, 1.807) is 10.4 Å². The molecule has 1 aliphatic carbocycles. The minimum absolute atomic E-state index is 0.798. The predicted molar refractivity (Wildman–Crippen MR) is 114 cm³/mol. The molecule has 1 fully saturated rings. The summed E-state index contributed by atoms with van der Waals surface area (Å²) >= 11 is 1.93. The van der Waals surface area contributed by atoms with Gasteiger partial charge in [-0.1, -0.05) is 37.3 Å². The van der Waals surface area contributed by atoms with Crippen LogP contribution in [0.4, 0.5) is 5.82 Å². The maximum atomic E-state index is 5.12.